The number of halogens is 7. The third-order valence-corrected chi connectivity index (χ3v) is 9.79. The summed E-state index contributed by atoms with van der Waals surface area (Å²) in [5.41, 5.74) is -0.150. The summed E-state index contributed by atoms with van der Waals surface area (Å²) in [6, 6.07) is 0. The van der Waals surface area contributed by atoms with E-state index >= 15 is 0 Å². The van der Waals surface area contributed by atoms with Crippen LogP contribution < -0.4 is 0 Å². The summed E-state index contributed by atoms with van der Waals surface area (Å²) in [5.74, 6) is 0. The highest BCUT2D eigenvalue weighted by atomic mass is 35.5. The predicted molar refractivity (Wildman–Crippen MR) is 78.6 cm³/mol. The molecule has 0 aromatic carbocycles. The van der Waals surface area contributed by atoms with E-state index in [9.17, 15) is 0 Å². The van der Waals surface area contributed by atoms with Gasteiger partial charge in [-0.1, -0.05) is 66.8 Å². The second-order valence-corrected chi connectivity index (χ2v) is 9.32. The summed E-state index contributed by atoms with van der Waals surface area (Å²) >= 11 is 44.5. The highest BCUT2D eigenvalue weighted by Crippen LogP contribution is 2.81. The van der Waals surface area contributed by atoms with E-state index in [4.69, 9.17) is 81.2 Å². The van der Waals surface area contributed by atoms with E-state index in [-0.39, 0.29) is 0 Å². The molecule has 2 saturated carbocycles. The Kier molecular flexibility index (Phi) is 3.12. The standard InChI is InChI=1S/C10H9Cl7/c1-4-6(2,3)8(13)5(11)7(4,12)9(14,15)10(8,16)17/h5H,1H2,2-3H3/t5?,7-,8-/m1/s1. The van der Waals surface area contributed by atoms with Crippen molar-refractivity contribution in [2.45, 2.75) is 37.6 Å². The summed E-state index contributed by atoms with van der Waals surface area (Å²) in [5, 5.41) is -0.828. The second kappa shape index (κ2) is 3.50. The minimum absolute atomic E-state index is 0.545. The minimum atomic E-state index is -1.72. The van der Waals surface area contributed by atoms with Crippen LogP contribution in [0.4, 0.5) is 0 Å². The molecule has 1 unspecified atom stereocenters. The number of fused-ring (bicyclic) bond motifs is 2. The molecule has 3 atom stereocenters. The normalized spacial score (nSPS) is 49.7. The summed E-state index contributed by atoms with van der Waals surface area (Å²) in [6.45, 7) is 7.58. The molecule has 2 fully saturated rings. The molecule has 2 aliphatic rings. The Hall–Kier alpha value is 1.77. The van der Waals surface area contributed by atoms with Gasteiger partial charge in [-0.15, -0.1) is 34.8 Å². The van der Waals surface area contributed by atoms with Crippen molar-refractivity contribution in [2.24, 2.45) is 5.41 Å². The Morgan fingerprint density at radius 2 is 1.35 bits per heavy atom. The smallest absolute Gasteiger partial charge is 0.119 e. The zero-order valence-corrected chi connectivity index (χ0v) is 14.2. The van der Waals surface area contributed by atoms with Crippen LogP contribution in [-0.2, 0) is 0 Å². The number of allylic oxidation sites excluding steroid dienone is 1. The summed E-state index contributed by atoms with van der Waals surface area (Å²) in [4.78, 5) is -2.67. The fourth-order valence-corrected chi connectivity index (χ4v) is 6.67. The molecule has 0 aromatic rings. The summed E-state index contributed by atoms with van der Waals surface area (Å²) < 4.78 is -3.41. The molecule has 0 amide bonds. The zero-order chi connectivity index (χ0) is 13.7. The fourth-order valence-electron chi connectivity index (χ4n) is 2.78. The van der Waals surface area contributed by atoms with Crippen molar-refractivity contribution in [1.29, 1.82) is 0 Å². The van der Waals surface area contributed by atoms with E-state index in [0.29, 0.717) is 5.57 Å². The molecule has 0 saturated heterocycles. The first-order chi connectivity index (χ1) is 7.31. The lowest BCUT2D eigenvalue weighted by atomic mass is 9.71. The molecule has 98 valence electrons. The van der Waals surface area contributed by atoms with Gasteiger partial charge in [0.2, 0.25) is 0 Å². The topological polar surface area (TPSA) is 0 Å². The Morgan fingerprint density at radius 3 is 1.65 bits per heavy atom. The van der Waals surface area contributed by atoms with Gasteiger partial charge >= 0.3 is 0 Å². The van der Waals surface area contributed by atoms with Crippen LogP contribution in [-0.4, -0.2) is 23.8 Å². The maximum Gasteiger partial charge on any atom is 0.177 e. The van der Waals surface area contributed by atoms with Crippen LogP contribution in [0.1, 0.15) is 13.8 Å². The molecule has 0 N–H and O–H groups in total. The van der Waals surface area contributed by atoms with Crippen molar-refractivity contribution in [3.63, 3.8) is 0 Å². The maximum absolute atomic E-state index is 6.59. The van der Waals surface area contributed by atoms with Crippen LogP contribution in [0.2, 0.25) is 0 Å². The Bertz CT molecular complexity index is 413. The highest BCUT2D eigenvalue weighted by Gasteiger charge is 2.90. The monoisotopic (exact) mass is 374 g/mol. The van der Waals surface area contributed by atoms with Gasteiger partial charge in [-0.25, -0.2) is 0 Å². The van der Waals surface area contributed by atoms with Crippen LogP contribution >= 0.6 is 81.2 Å². The van der Waals surface area contributed by atoms with E-state index in [1.54, 1.807) is 0 Å². The van der Waals surface area contributed by atoms with Crippen LogP contribution in [0.25, 0.3) is 0 Å². The van der Waals surface area contributed by atoms with Crippen LogP contribution in [0.3, 0.4) is 0 Å². The lowest BCUT2D eigenvalue weighted by Gasteiger charge is -2.51. The van der Waals surface area contributed by atoms with E-state index in [1.807, 2.05) is 13.8 Å². The fraction of sp³-hybridized carbons (Fsp3) is 0.800. The molecular formula is C10H9Cl7. The van der Waals surface area contributed by atoms with E-state index in [0.717, 1.165) is 0 Å². The quantitative estimate of drug-likeness (QED) is 0.386. The van der Waals surface area contributed by atoms with Gasteiger partial charge in [-0.05, 0) is 5.57 Å². The van der Waals surface area contributed by atoms with Crippen molar-refractivity contribution < 1.29 is 0 Å². The molecule has 2 bridgehead atoms. The van der Waals surface area contributed by atoms with Crippen LogP contribution in [0.5, 0.6) is 0 Å². The molecule has 2 rings (SSSR count). The predicted octanol–water partition coefficient (Wildman–Crippen LogP) is 5.51. The SMILES string of the molecule is C=C1C(C)(C)[C@]2(Cl)C(Cl)[C@@]1(Cl)C(Cl)(Cl)C2(Cl)Cl. The van der Waals surface area contributed by atoms with Crippen molar-refractivity contribution in [3.8, 4) is 0 Å². The molecule has 0 aliphatic heterocycles. The van der Waals surface area contributed by atoms with Crippen molar-refractivity contribution in [3.05, 3.63) is 12.2 Å². The zero-order valence-electron chi connectivity index (χ0n) is 8.93. The third kappa shape index (κ3) is 1.16. The first kappa shape index (κ1) is 15.2. The highest BCUT2D eigenvalue weighted by molar-refractivity contribution is 6.71. The first-order valence-corrected chi connectivity index (χ1v) is 7.49. The van der Waals surface area contributed by atoms with E-state index < -0.39 is 29.2 Å². The van der Waals surface area contributed by atoms with Gasteiger partial charge < -0.3 is 0 Å². The molecule has 0 aromatic heterocycles. The largest absolute Gasteiger partial charge is 0.177 e. The average molecular weight is 377 g/mol. The van der Waals surface area contributed by atoms with Gasteiger partial charge in [-0.2, -0.15) is 0 Å². The van der Waals surface area contributed by atoms with Gasteiger partial charge in [-0.3, -0.25) is 0 Å². The summed E-state index contributed by atoms with van der Waals surface area (Å²) in [6.07, 6.45) is 0. The Morgan fingerprint density at radius 1 is 0.941 bits per heavy atom. The molecular weight excluding hydrogens is 368 g/mol. The van der Waals surface area contributed by atoms with Gasteiger partial charge in [0.25, 0.3) is 0 Å². The lowest BCUT2D eigenvalue weighted by molar-refractivity contribution is 0.300. The minimum Gasteiger partial charge on any atom is -0.119 e. The van der Waals surface area contributed by atoms with Gasteiger partial charge in [0.1, 0.15) is 9.75 Å². The Labute approximate surface area is 135 Å². The molecule has 0 spiro atoms. The number of alkyl halides is 7. The number of hydrogen-bond acceptors (Lipinski definition) is 0. The van der Waals surface area contributed by atoms with E-state index in [1.165, 1.54) is 0 Å². The van der Waals surface area contributed by atoms with Gasteiger partial charge in [0.15, 0.2) is 8.67 Å². The van der Waals surface area contributed by atoms with Crippen LogP contribution in [0, 0.1) is 5.41 Å². The van der Waals surface area contributed by atoms with Gasteiger partial charge in [0.05, 0.1) is 5.38 Å². The molecule has 0 heterocycles. The van der Waals surface area contributed by atoms with Crippen LogP contribution in [0.15, 0.2) is 12.2 Å². The third-order valence-electron chi connectivity index (χ3n) is 4.11. The lowest BCUT2D eigenvalue weighted by Crippen LogP contribution is -2.61. The number of hydrogen-bond donors (Lipinski definition) is 0. The van der Waals surface area contributed by atoms with Crippen molar-refractivity contribution >= 4 is 81.2 Å². The van der Waals surface area contributed by atoms with E-state index in [2.05, 4.69) is 6.58 Å². The summed E-state index contributed by atoms with van der Waals surface area (Å²) in [7, 11) is 0. The van der Waals surface area contributed by atoms with Crippen molar-refractivity contribution in [1.82, 2.24) is 0 Å². The molecule has 0 nitrogen and oxygen atoms in total. The van der Waals surface area contributed by atoms with Gasteiger partial charge in [0, 0.05) is 5.41 Å². The molecule has 2 aliphatic carbocycles. The molecule has 0 radical (unpaired) electrons. The maximum atomic E-state index is 6.59. The Balaban J connectivity index is 2.84. The average Bonchev–Trinajstić information content (AvgIpc) is 2.35. The second-order valence-electron chi connectivity index (χ2n) is 5.04. The molecule has 17 heavy (non-hydrogen) atoms. The number of rotatable bonds is 0. The molecule has 7 heteroatoms. The first-order valence-electron chi connectivity index (χ1n) is 4.78. The van der Waals surface area contributed by atoms with Crippen molar-refractivity contribution in [2.75, 3.05) is 0 Å².